The molecule has 0 amide bonds. The van der Waals surface area contributed by atoms with E-state index in [9.17, 15) is 26.7 Å². The van der Waals surface area contributed by atoms with Gasteiger partial charge < -0.3 is 14.9 Å². The van der Waals surface area contributed by atoms with Crippen molar-refractivity contribution >= 4 is 25.8 Å². The molecule has 164 valence electrons. The molecule has 1 aliphatic heterocycles. The third kappa shape index (κ3) is 5.91. The average Bonchev–Trinajstić information content (AvgIpc) is 2.89. The zero-order valence-corrected chi connectivity index (χ0v) is 18.1. The first-order valence-electron chi connectivity index (χ1n) is 9.24. The maximum Gasteiger partial charge on any atom is 0.303 e. The van der Waals surface area contributed by atoms with Crippen LogP contribution >= 0.6 is 0 Å². The minimum absolute atomic E-state index is 0.0289. The summed E-state index contributed by atoms with van der Waals surface area (Å²) in [6.45, 7) is 1.69. The standard InChI is InChI=1S/C18H27NO8S2/c1-13-7-8-16(27-2)17(10-13)29(25,26)19(9-5-3-4-6-18(21)22)14-11-28(23,24)12-15(14)20/h7-8,10,14-15,20H,3-6,9,11-12H2,1-2H3,(H,21,22)/t14-,15+/m1/s1. The van der Waals surface area contributed by atoms with Gasteiger partial charge in [0.15, 0.2) is 9.84 Å². The molecule has 1 heterocycles. The first-order valence-corrected chi connectivity index (χ1v) is 12.5. The zero-order chi connectivity index (χ0) is 21.8. The van der Waals surface area contributed by atoms with E-state index in [-0.39, 0.29) is 23.6 Å². The van der Waals surface area contributed by atoms with E-state index >= 15 is 0 Å². The maximum atomic E-state index is 13.4. The van der Waals surface area contributed by atoms with Gasteiger partial charge in [-0.3, -0.25) is 4.79 Å². The number of ether oxygens (including phenoxy) is 1. The van der Waals surface area contributed by atoms with Crippen LogP contribution in [-0.2, 0) is 24.7 Å². The Labute approximate surface area is 171 Å². The van der Waals surface area contributed by atoms with Gasteiger partial charge in [-0.15, -0.1) is 0 Å². The largest absolute Gasteiger partial charge is 0.495 e. The molecule has 1 fully saturated rings. The number of sulfonamides is 1. The van der Waals surface area contributed by atoms with E-state index in [1.807, 2.05) is 0 Å². The molecule has 11 heteroatoms. The second-order valence-electron chi connectivity index (χ2n) is 7.19. The minimum atomic E-state index is -4.17. The number of methoxy groups -OCH3 is 1. The highest BCUT2D eigenvalue weighted by Gasteiger charge is 2.45. The number of carbonyl (C=O) groups is 1. The first kappa shape index (κ1) is 23.6. The quantitative estimate of drug-likeness (QED) is 0.500. The lowest BCUT2D eigenvalue weighted by molar-refractivity contribution is -0.137. The van der Waals surface area contributed by atoms with Gasteiger partial charge in [0.25, 0.3) is 0 Å². The van der Waals surface area contributed by atoms with Crippen molar-refractivity contribution in [1.82, 2.24) is 4.31 Å². The molecule has 2 rings (SSSR count). The summed E-state index contributed by atoms with van der Waals surface area (Å²) in [5.41, 5.74) is 0.686. The number of rotatable bonds is 10. The Kier molecular flexibility index (Phi) is 7.66. The normalized spacial score (nSPS) is 21.4. The van der Waals surface area contributed by atoms with Crippen LogP contribution in [0, 0.1) is 6.92 Å². The third-order valence-corrected chi connectivity index (χ3v) is 8.48. The Hall–Kier alpha value is -1.69. The number of aliphatic hydroxyl groups excluding tert-OH is 1. The Bertz CT molecular complexity index is 943. The highest BCUT2D eigenvalue weighted by Crippen LogP contribution is 2.31. The highest BCUT2D eigenvalue weighted by atomic mass is 32.2. The molecule has 0 bridgehead atoms. The number of hydrogen-bond donors (Lipinski definition) is 2. The Morgan fingerprint density at radius 2 is 1.93 bits per heavy atom. The maximum absolute atomic E-state index is 13.4. The Morgan fingerprint density at radius 3 is 2.48 bits per heavy atom. The third-order valence-electron chi connectivity index (χ3n) is 4.84. The molecular formula is C18H27NO8S2. The number of sulfone groups is 1. The van der Waals surface area contributed by atoms with Crippen LogP contribution < -0.4 is 4.74 Å². The smallest absolute Gasteiger partial charge is 0.303 e. The van der Waals surface area contributed by atoms with Gasteiger partial charge in [-0.25, -0.2) is 16.8 Å². The molecule has 2 atom stereocenters. The van der Waals surface area contributed by atoms with Crippen molar-refractivity contribution in [3.05, 3.63) is 23.8 Å². The van der Waals surface area contributed by atoms with Gasteiger partial charge in [0.2, 0.25) is 10.0 Å². The van der Waals surface area contributed by atoms with Gasteiger partial charge in [-0.2, -0.15) is 4.31 Å². The number of aliphatic carboxylic acids is 1. The van der Waals surface area contributed by atoms with Crippen LogP contribution in [0.2, 0.25) is 0 Å². The van der Waals surface area contributed by atoms with E-state index < -0.39 is 49.5 Å². The van der Waals surface area contributed by atoms with Crippen LogP contribution in [0.5, 0.6) is 5.75 Å². The molecule has 0 unspecified atom stereocenters. The van der Waals surface area contributed by atoms with Gasteiger partial charge in [0.05, 0.1) is 30.8 Å². The second-order valence-corrected chi connectivity index (χ2v) is 11.2. The van der Waals surface area contributed by atoms with Crippen LogP contribution in [0.25, 0.3) is 0 Å². The number of carboxylic acid groups (broad SMARTS) is 1. The van der Waals surface area contributed by atoms with E-state index in [2.05, 4.69) is 0 Å². The Balaban J connectivity index is 2.35. The lowest BCUT2D eigenvalue weighted by atomic mass is 10.1. The number of aryl methyl sites for hydroxylation is 1. The van der Waals surface area contributed by atoms with Crippen molar-refractivity contribution in [3.63, 3.8) is 0 Å². The lowest BCUT2D eigenvalue weighted by Crippen LogP contribution is -2.47. The van der Waals surface area contributed by atoms with E-state index in [1.54, 1.807) is 13.0 Å². The van der Waals surface area contributed by atoms with Gasteiger partial charge >= 0.3 is 5.97 Å². The van der Waals surface area contributed by atoms with Crippen molar-refractivity contribution in [3.8, 4) is 5.75 Å². The van der Waals surface area contributed by atoms with Crippen LogP contribution in [-0.4, -0.2) is 74.6 Å². The van der Waals surface area contributed by atoms with E-state index in [4.69, 9.17) is 9.84 Å². The predicted molar refractivity (Wildman–Crippen MR) is 106 cm³/mol. The topological polar surface area (TPSA) is 138 Å². The SMILES string of the molecule is COc1ccc(C)cc1S(=O)(=O)N(CCCCCC(=O)O)[C@@H]1CS(=O)(=O)C[C@@H]1O. The Morgan fingerprint density at radius 1 is 1.24 bits per heavy atom. The van der Waals surface area contributed by atoms with Crippen molar-refractivity contribution in [2.24, 2.45) is 0 Å². The molecule has 29 heavy (non-hydrogen) atoms. The average molecular weight is 450 g/mol. The number of hydrogen-bond acceptors (Lipinski definition) is 7. The van der Waals surface area contributed by atoms with Crippen LogP contribution in [0.3, 0.4) is 0 Å². The predicted octanol–water partition coefficient (Wildman–Crippen LogP) is 0.797. The number of nitrogens with zero attached hydrogens (tertiary/aromatic N) is 1. The molecule has 0 radical (unpaired) electrons. The molecule has 0 saturated carbocycles. The second kappa shape index (κ2) is 9.41. The molecule has 9 nitrogen and oxygen atoms in total. The molecule has 0 aliphatic carbocycles. The molecule has 2 N–H and O–H groups in total. The summed E-state index contributed by atoms with van der Waals surface area (Å²) >= 11 is 0. The number of benzene rings is 1. The number of unbranched alkanes of at least 4 members (excludes halogenated alkanes) is 2. The summed E-state index contributed by atoms with van der Waals surface area (Å²) in [6, 6.07) is 3.56. The van der Waals surface area contributed by atoms with Gasteiger partial charge in [-0.1, -0.05) is 12.5 Å². The summed E-state index contributed by atoms with van der Waals surface area (Å²) in [5.74, 6) is -1.76. The molecule has 0 spiro atoms. The van der Waals surface area contributed by atoms with Crippen molar-refractivity contribution in [2.45, 2.75) is 49.6 Å². The van der Waals surface area contributed by atoms with Crippen molar-refractivity contribution in [2.75, 3.05) is 25.2 Å². The summed E-state index contributed by atoms with van der Waals surface area (Å²) in [7, 11) is -6.39. The number of aliphatic hydroxyl groups is 1. The molecule has 1 aliphatic rings. The highest BCUT2D eigenvalue weighted by molar-refractivity contribution is 7.92. The van der Waals surface area contributed by atoms with Crippen LogP contribution in [0.15, 0.2) is 23.1 Å². The van der Waals surface area contributed by atoms with Crippen molar-refractivity contribution in [1.29, 1.82) is 0 Å². The number of carboxylic acids is 1. The van der Waals surface area contributed by atoms with Crippen LogP contribution in [0.1, 0.15) is 31.2 Å². The molecular weight excluding hydrogens is 422 g/mol. The first-order chi connectivity index (χ1) is 13.5. The summed E-state index contributed by atoms with van der Waals surface area (Å²) < 4.78 is 57.0. The fourth-order valence-corrected chi connectivity index (χ4v) is 7.21. The summed E-state index contributed by atoms with van der Waals surface area (Å²) in [6.07, 6.45) is -0.186. The fourth-order valence-electron chi connectivity index (χ4n) is 3.38. The van der Waals surface area contributed by atoms with E-state index in [1.165, 1.54) is 19.2 Å². The van der Waals surface area contributed by atoms with Crippen molar-refractivity contribution < 1.29 is 36.6 Å². The molecule has 0 aromatic heterocycles. The summed E-state index contributed by atoms with van der Waals surface area (Å²) in [5, 5.41) is 19.0. The monoisotopic (exact) mass is 449 g/mol. The van der Waals surface area contributed by atoms with Crippen LogP contribution in [0.4, 0.5) is 0 Å². The van der Waals surface area contributed by atoms with Gasteiger partial charge in [0.1, 0.15) is 10.6 Å². The fraction of sp³-hybridized carbons (Fsp3) is 0.611. The van der Waals surface area contributed by atoms with Gasteiger partial charge in [0, 0.05) is 13.0 Å². The lowest BCUT2D eigenvalue weighted by Gasteiger charge is -2.30. The molecule has 1 aromatic carbocycles. The minimum Gasteiger partial charge on any atom is -0.495 e. The molecule has 1 aromatic rings. The zero-order valence-electron chi connectivity index (χ0n) is 16.4. The summed E-state index contributed by atoms with van der Waals surface area (Å²) in [4.78, 5) is 10.6. The van der Waals surface area contributed by atoms with Gasteiger partial charge in [-0.05, 0) is 37.5 Å². The molecule has 1 saturated heterocycles. The van der Waals surface area contributed by atoms with E-state index in [0.29, 0.717) is 24.8 Å². The van der Waals surface area contributed by atoms with E-state index in [0.717, 1.165) is 4.31 Å².